The Morgan fingerprint density at radius 2 is 1.78 bits per heavy atom. The van der Waals surface area contributed by atoms with Crippen LogP contribution in [0.1, 0.15) is 13.8 Å². The minimum absolute atomic E-state index is 0.0911. The summed E-state index contributed by atoms with van der Waals surface area (Å²) in [5.41, 5.74) is 2.76. The molecular formula is C18H20N2O3. The Balaban J connectivity index is 2.00. The van der Waals surface area contributed by atoms with E-state index in [4.69, 9.17) is 14.2 Å². The molecule has 0 aliphatic rings. The second-order valence-corrected chi connectivity index (χ2v) is 5.50. The van der Waals surface area contributed by atoms with E-state index in [0.717, 1.165) is 33.9 Å². The highest BCUT2D eigenvalue weighted by molar-refractivity contribution is 5.81. The predicted octanol–water partition coefficient (Wildman–Crippen LogP) is 4.03. The summed E-state index contributed by atoms with van der Waals surface area (Å²) in [7, 11) is 3.28. The molecule has 23 heavy (non-hydrogen) atoms. The molecule has 0 saturated heterocycles. The lowest BCUT2D eigenvalue weighted by Crippen LogP contribution is -2.06. The fraction of sp³-hybridized carbons (Fsp3) is 0.278. The summed E-state index contributed by atoms with van der Waals surface area (Å²) in [6.45, 7) is 3.97. The molecule has 3 aromatic rings. The molecule has 0 saturated carbocycles. The first-order chi connectivity index (χ1) is 11.1. The quantitative estimate of drug-likeness (QED) is 0.772. The molecule has 0 spiro atoms. The smallest absolute Gasteiger partial charge is 0.161 e. The average molecular weight is 312 g/mol. The van der Waals surface area contributed by atoms with Gasteiger partial charge in [0.1, 0.15) is 11.6 Å². The zero-order valence-corrected chi connectivity index (χ0v) is 13.7. The summed E-state index contributed by atoms with van der Waals surface area (Å²) in [6, 6.07) is 11.6. The van der Waals surface area contributed by atoms with E-state index in [1.807, 2.05) is 50.2 Å². The first-order valence-corrected chi connectivity index (χ1v) is 7.49. The van der Waals surface area contributed by atoms with E-state index in [1.54, 1.807) is 14.2 Å². The minimum atomic E-state index is 0.0911. The van der Waals surface area contributed by atoms with Crippen LogP contribution in [-0.4, -0.2) is 30.3 Å². The monoisotopic (exact) mass is 312 g/mol. The Hall–Kier alpha value is -2.69. The zero-order chi connectivity index (χ0) is 16.4. The zero-order valence-electron chi connectivity index (χ0n) is 13.7. The molecule has 5 heteroatoms. The summed E-state index contributed by atoms with van der Waals surface area (Å²) >= 11 is 0. The predicted molar refractivity (Wildman–Crippen MR) is 90.4 cm³/mol. The first-order valence-electron chi connectivity index (χ1n) is 7.49. The van der Waals surface area contributed by atoms with E-state index in [-0.39, 0.29) is 6.10 Å². The van der Waals surface area contributed by atoms with E-state index in [1.165, 1.54) is 0 Å². The molecule has 120 valence electrons. The first kappa shape index (κ1) is 15.2. The van der Waals surface area contributed by atoms with E-state index >= 15 is 0 Å². The van der Waals surface area contributed by atoms with Gasteiger partial charge in [-0.3, -0.25) is 0 Å². The standard InChI is InChI=1S/C18H20N2O3/c1-11(2)23-16-8-5-12(9-17(16)22-4)18-19-14-7-6-13(21-3)10-15(14)20-18/h5-11H,1-4H3,(H,19,20). The van der Waals surface area contributed by atoms with Gasteiger partial charge in [0.25, 0.3) is 0 Å². The SMILES string of the molecule is COc1ccc2nc(-c3ccc(OC(C)C)c(OC)c3)[nH]c2c1. The number of rotatable bonds is 5. The fourth-order valence-corrected chi connectivity index (χ4v) is 2.42. The Labute approximate surface area is 135 Å². The summed E-state index contributed by atoms with van der Waals surface area (Å²) in [5.74, 6) is 2.99. The molecule has 0 unspecified atom stereocenters. The number of benzene rings is 2. The molecular weight excluding hydrogens is 292 g/mol. The number of nitrogens with zero attached hydrogens (tertiary/aromatic N) is 1. The van der Waals surface area contributed by atoms with Crippen LogP contribution >= 0.6 is 0 Å². The molecule has 1 heterocycles. The Morgan fingerprint density at radius 1 is 0.957 bits per heavy atom. The largest absolute Gasteiger partial charge is 0.497 e. The lowest BCUT2D eigenvalue weighted by Gasteiger charge is -2.14. The molecule has 5 nitrogen and oxygen atoms in total. The van der Waals surface area contributed by atoms with E-state index in [0.29, 0.717) is 5.75 Å². The maximum atomic E-state index is 5.74. The van der Waals surface area contributed by atoms with Crippen molar-refractivity contribution in [1.29, 1.82) is 0 Å². The highest BCUT2D eigenvalue weighted by Gasteiger charge is 2.11. The summed E-state index contributed by atoms with van der Waals surface area (Å²) in [5, 5.41) is 0. The molecule has 0 atom stereocenters. The Kier molecular flexibility index (Phi) is 4.10. The molecule has 0 amide bonds. The molecule has 3 rings (SSSR count). The van der Waals surface area contributed by atoms with Gasteiger partial charge in [0, 0.05) is 11.6 Å². The lowest BCUT2D eigenvalue weighted by atomic mass is 10.2. The number of hydrogen-bond acceptors (Lipinski definition) is 4. The maximum Gasteiger partial charge on any atom is 0.161 e. The number of imidazole rings is 1. The third kappa shape index (κ3) is 3.08. The average Bonchev–Trinajstić information content (AvgIpc) is 2.97. The van der Waals surface area contributed by atoms with Gasteiger partial charge < -0.3 is 19.2 Å². The van der Waals surface area contributed by atoms with Gasteiger partial charge in [-0.15, -0.1) is 0 Å². The van der Waals surface area contributed by atoms with Crippen molar-refractivity contribution in [1.82, 2.24) is 9.97 Å². The highest BCUT2D eigenvalue weighted by atomic mass is 16.5. The number of aromatic nitrogens is 2. The lowest BCUT2D eigenvalue weighted by molar-refractivity contribution is 0.230. The van der Waals surface area contributed by atoms with E-state index in [2.05, 4.69) is 9.97 Å². The number of methoxy groups -OCH3 is 2. The molecule has 0 bridgehead atoms. The van der Waals surface area contributed by atoms with Gasteiger partial charge >= 0.3 is 0 Å². The van der Waals surface area contributed by atoms with Crippen LogP contribution in [-0.2, 0) is 0 Å². The van der Waals surface area contributed by atoms with Gasteiger partial charge in [-0.05, 0) is 44.2 Å². The van der Waals surface area contributed by atoms with Crippen molar-refractivity contribution < 1.29 is 14.2 Å². The minimum Gasteiger partial charge on any atom is -0.497 e. The van der Waals surface area contributed by atoms with Crippen molar-refractivity contribution in [3.63, 3.8) is 0 Å². The van der Waals surface area contributed by atoms with Gasteiger partial charge in [-0.25, -0.2) is 4.98 Å². The third-order valence-corrected chi connectivity index (χ3v) is 3.49. The fourth-order valence-electron chi connectivity index (χ4n) is 2.42. The van der Waals surface area contributed by atoms with Gasteiger partial charge in [0.05, 0.1) is 31.4 Å². The van der Waals surface area contributed by atoms with Crippen LogP contribution < -0.4 is 14.2 Å². The van der Waals surface area contributed by atoms with Crippen molar-refractivity contribution in [3.05, 3.63) is 36.4 Å². The van der Waals surface area contributed by atoms with Crippen LogP contribution in [0.4, 0.5) is 0 Å². The van der Waals surface area contributed by atoms with Crippen molar-refractivity contribution in [3.8, 4) is 28.6 Å². The van der Waals surface area contributed by atoms with Crippen LogP contribution in [0, 0.1) is 0 Å². The van der Waals surface area contributed by atoms with Gasteiger partial charge in [-0.1, -0.05) is 0 Å². The molecule has 0 radical (unpaired) electrons. The van der Waals surface area contributed by atoms with Crippen LogP contribution in [0.2, 0.25) is 0 Å². The number of aromatic amines is 1. The van der Waals surface area contributed by atoms with Crippen LogP contribution in [0.15, 0.2) is 36.4 Å². The van der Waals surface area contributed by atoms with Crippen LogP contribution in [0.3, 0.4) is 0 Å². The normalized spacial score (nSPS) is 11.0. The second-order valence-electron chi connectivity index (χ2n) is 5.50. The highest BCUT2D eigenvalue weighted by Crippen LogP contribution is 2.33. The molecule has 0 aliphatic carbocycles. The molecule has 2 aromatic carbocycles. The van der Waals surface area contributed by atoms with E-state index in [9.17, 15) is 0 Å². The number of H-pyrrole nitrogens is 1. The Morgan fingerprint density at radius 3 is 2.48 bits per heavy atom. The number of hydrogen-bond donors (Lipinski definition) is 1. The van der Waals surface area contributed by atoms with Crippen LogP contribution in [0.25, 0.3) is 22.4 Å². The number of fused-ring (bicyclic) bond motifs is 1. The topological polar surface area (TPSA) is 56.4 Å². The van der Waals surface area contributed by atoms with Crippen molar-refractivity contribution in [2.24, 2.45) is 0 Å². The van der Waals surface area contributed by atoms with Gasteiger partial charge in [0.15, 0.2) is 11.5 Å². The van der Waals surface area contributed by atoms with Gasteiger partial charge in [-0.2, -0.15) is 0 Å². The van der Waals surface area contributed by atoms with Crippen molar-refractivity contribution in [2.75, 3.05) is 14.2 Å². The molecule has 0 aliphatic heterocycles. The summed E-state index contributed by atoms with van der Waals surface area (Å²) < 4.78 is 16.4. The van der Waals surface area contributed by atoms with Crippen molar-refractivity contribution >= 4 is 11.0 Å². The second kappa shape index (κ2) is 6.20. The molecule has 1 aromatic heterocycles. The maximum absolute atomic E-state index is 5.74. The van der Waals surface area contributed by atoms with E-state index < -0.39 is 0 Å². The summed E-state index contributed by atoms with van der Waals surface area (Å²) in [6.07, 6.45) is 0.0911. The van der Waals surface area contributed by atoms with Crippen LogP contribution in [0.5, 0.6) is 17.2 Å². The third-order valence-electron chi connectivity index (χ3n) is 3.49. The number of ether oxygens (including phenoxy) is 3. The Bertz CT molecular complexity index is 824. The number of nitrogens with one attached hydrogen (secondary N) is 1. The summed E-state index contributed by atoms with van der Waals surface area (Å²) in [4.78, 5) is 7.93. The molecule has 1 N–H and O–H groups in total. The van der Waals surface area contributed by atoms with Crippen molar-refractivity contribution in [2.45, 2.75) is 20.0 Å². The molecule has 0 fully saturated rings. The van der Waals surface area contributed by atoms with Gasteiger partial charge in [0.2, 0.25) is 0 Å².